The molecule has 0 saturated carbocycles. The van der Waals surface area contributed by atoms with Gasteiger partial charge in [-0.25, -0.2) is 9.78 Å². The van der Waals surface area contributed by atoms with Gasteiger partial charge in [0.1, 0.15) is 0 Å². The maximum absolute atomic E-state index is 11.9. The lowest BCUT2D eigenvalue weighted by Crippen LogP contribution is -2.42. The number of nitrogens with zero attached hydrogens (tertiary/aromatic N) is 1. The Bertz CT molecular complexity index is 638. The second kappa shape index (κ2) is 8.80. The molecule has 6 heteroatoms. The van der Waals surface area contributed by atoms with E-state index >= 15 is 0 Å². The third-order valence-corrected chi connectivity index (χ3v) is 4.97. The number of thiazole rings is 1. The molecule has 2 unspecified atom stereocenters. The van der Waals surface area contributed by atoms with Crippen molar-refractivity contribution in [3.63, 3.8) is 0 Å². The number of rotatable bonds is 7. The van der Waals surface area contributed by atoms with E-state index in [2.05, 4.69) is 22.5 Å². The molecule has 0 aliphatic rings. The summed E-state index contributed by atoms with van der Waals surface area (Å²) < 4.78 is 0. The summed E-state index contributed by atoms with van der Waals surface area (Å²) in [5, 5.41) is 16.9. The Morgan fingerprint density at radius 3 is 2.62 bits per heavy atom. The fourth-order valence-electron chi connectivity index (χ4n) is 2.41. The fourth-order valence-corrected chi connectivity index (χ4v) is 3.34. The van der Waals surface area contributed by atoms with Crippen LogP contribution in [0.25, 0.3) is 0 Å². The van der Waals surface area contributed by atoms with Crippen LogP contribution in [0.4, 0.5) is 4.79 Å². The van der Waals surface area contributed by atoms with Crippen LogP contribution in [0.15, 0.2) is 30.3 Å². The number of carbonyl (C=O) groups excluding carboxylic acids is 1. The van der Waals surface area contributed by atoms with Crippen molar-refractivity contribution >= 4 is 17.4 Å². The van der Waals surface area contributed by atoms with Crippen LogP contribution in [-0.4, -0.2) is 28.7 Å². The maximum atomic E-state index is 11.9. The average molecular weight is 347 g/mol. The third-order valence-electron chi connectivity index (χ3n) is 3.84. The first-order valence-electron chi connectivity index (χ1n) is 8.16. The van der Waals surface area contributed by atoms with Gasteiger partial charge in [-0.3, -0.25) is 0 Å². The van der Waals surface area contributed by atoms with Crippen LogP contribution in [0.2, 0.25) is 0 Å². The molecule has 2 amide bonds. The number of urea groups is 1. The third kappa shape index (κ3) is 5.62. The number of hydrogen-bond donors (Lipinski definition) is 3. The first-order valence-corrected chi connectivity index (χ1v) is 8.97. The highest BCUT2D eigenvalue weighted by atomic mass is 32.1. The summed E-state index contributed by atoms with van der Waals surface area (Å²) in [6.07, 6.45) is 0.624. The molecule has 1 aromatic carbocycles. The summed E-state index contributed by atoms with van der Waals surface area (Å²) in [7, 11) is 0. The molecule has 2 atom stereocenters. The SMILES string of the molecule is Cc1nc(CCNC(=O)NC(C)CC(O)c2ccccc2)sc1C. The molecule has 3 N–H and O–H groups in total. The van der Waals surface area contributed by atoms with Gasteiger partial charge < -0.3 is 15.7 Å². The van der Waals surface area contributed by atoms with E-state index in [0.29, 0.717) is 13.0 Å². The Labute approximate surface area is 147 Å². The zero-order chi connectivity index (χ0) is 17.5. The van der Waals surface area contributed by atoms with Gasteiger partial charge in [-0.1, -0.05) is 30.3 Å². The highest BCUT2D eigenvalue weighted by Crippen LogP contribution is 2.18. The van der Waals surface area contributed by atoms with Crippen molar-refractivity contribution in [1.82, 2.24) is 15.6 Å². The van der Waals surface area contributed by atoms with Crippen molar-refractivity contribution in [2.75, 3.05) is 6.54 Å². The lowest BCUT2D eigenvalue weighted by atomic mass is 10.0. The number of carbonyl (C=O) groups is 1. The summed E-state index contributed by atoms with van der Waals surface area (Å²) >= 11 is 1.67. The Balaban J connectivity index is 1.69. The summed E-state index contributed by atoms with van der Waals surface area (Å²) in [6.45, 7) is 6.48. The molecule has 0 radical (unpaired) electrons. The summed E-state index contributed by atoms with van der Waals surface area (Å²) in [5.74, 6) is 0. The molecule has 0 saturated heterocycles. The van der Waals surface area contributed by atoms with Crippen molar-refractivity contribution in [3.05, 3.63) is 51.5 Å². The van der Waals surface area contributed by atoms with Gasteiger partial charge in [0.2, 0.25) is 0 Å². The number of benzene rings is 1. The lowest BCUT2D eigenvalue weighted by molar-refractivity contribution is 0.154. The van der Waals surface area contributed by atoms with Gasteiger partial charge in [0, 0.05) is 23.9 Å². The Kier molecular flexibility index (Phi) is 6.75. The molecule has 0 bridgehead atoms. The van der Waals surface area contributed by atoms with Crippen LogP contribution in [0.3, 0.4) is 0 Å². The normalized spacial score (nSPS) is 13.3. The standard InChI is InChI=1S/C18H25N3O2S/c1-12(11-16(22)15-7-5-4-6-8-15)20-18(23)19-10-9-17-21-13(2)14(3)24-17/h4-8,12,16,22H,9-11H2,1-3H3,(H2,19,20,23). The van der Waals surface area contributed by atoms with Gasteiger partial charge in [0.15, 0.2) is 0 Å². The molecule has 5 nitrogen and oxygen atoms in total. The van der Waals surface area contributed by atoms with Crippen molar-refractivity contribution in [2.24, 2.45) is 0 Å². The van der Waals surface area contributed by atoms with Crippen LogP contribution >= 0.6 is 11.3 Å². The average Bonchev–Trinajstić information content (AvgIpc) is 2.86. The van der Waals surface area contributed by atoms with Crippen LogP contribution in [0, 0.1) is 13.8 Å². The molecule has 0 fully saturated rings. The van der Waals surface area contributed by atoms with Gasteiger partial charge in [0.25, 0.3) is 0 Å². The van der Waals surface area contributed by atoms with Crippen molar-refractivity contribution in [3.8, 4) is 0 Å². The molecule has 24 heavy (non-hydrogen) atoms. The fraction of sp³-hybridized carbons (Fsp3) is 0.444. The van der Waals surface area contributed by atoms with Crippen LogP contribution < -0.4 is 10.6 Å². The van der Waals surface area contributed by atoms with Crippen LogP contribution in [0.5, 0.6) is 0 Å². The highest BCUT2D eigenvalue weighted by Gasteiger charge is 2.14. The minimum Gasteiger partial charge on any atom is -0.388 e. The van der Waals surface area contributed by atoms with E-state index in [9.17, 15) is 9.90 Å². The van der Waals surface area contributed by atoms with Gasteiger partial charge in [-0.2, -0.15) is 0 Å². The Morgan fingerprint density at radius 2 is 2.00 bits per heavy atom. The van der Waals surface area contributed by atoms with E-state index in [1.807, 2.05) is 44.2 Å². The largest absolute Gasteiger partial charge is 0.388 e. The van der Waals surface area contributed by atoms with E-state index in [4.69, 9.17) is 0 Å². The smallest absolute Gasteiger partial charge is 0.315 e. The first-order chi connectivity index (χ1) is 11.5. The molecule has 0 aliphatic heterocycles. The molecule has 1 heterocycles. The molecule has 130 valence electrons. The molecule has 1 aromatic heterocycles. The molecule has 2 rings (SSSR count). The second-order valence-electron chi connectivity index (χ2n) is 5.96. The van der Waals surface area contributed by atoms with E-state index in [1.165, 1.54) is 4.88 Å². The molecular formula is C18H25N3O2S. The van der Waals surface area contributed by atoms with E-state index in [0.717, 1.165) is 22.7 Å². The number of amides is 2. The van der Waals surface area contributed by atoms with Crippen molar-refractivity contribution in [2.45, 2.75) is 45.8 Å². The van der Waals surface area contributed by atoms with Gasteiger partial charge in [0.05, 0.1) is 16.8 Å². The number of nitrogens with one attached hydrogen (secondary N) is 2. The van der Waals surface area contributed by atoms with Crippen molar-refractivity contribution < 1.29 is 9.90 Å². The first kappa shape index (κ1) is 18.4. The van der Waals surface area contributed by atoms with E-state index < -0.39 is 6.10 Å². The van der Waals surface area contributed by atoms with E-state index in [1.54, 1.807) is 11.3 Å². The predicted molar refractivity (Wildman–Crippen MR) is 97.3 cm³/mol. The predicted octanol–water partition coefficient (Wildman–Crippen LogP) is 3.11. The van der Waals surface area contributed by atoms with Crippen LogP contribution in [-0.2, 0) is 6.42 Å². The summed E-state index contributed by atoms with van der Waals surface area (Å²) in [4.78, 5) is 17.6. The minimum atomic E-state index is -0.581. The van der Waals surface area contributed by atoms with Gasteiger partial charge >= 0.3 is 6.03 Å². The molecular weight excluding hydrogens is 322 g/mol. The lowest BCUT2D eigenvalue weighted by Gasteiger charge is -2.18. The van der Waals surface area contributed by atoms with Gasteiger partial charge in [-0.15, -0.1) is 11.3 Å². The maximum Gasteiger partial charge on any atom is 0.315 e. The minimum absolute atomic E-state index is 0.121. The zero-order valence-corrected chi connectivity index (χ0v) is 15.2. The van der Waals surface area contributed by atoms with Gasteiger partial charge in [-0.05, 0) is 32.8 Å². The van der Waals surface area contributed by atoms with E-state index in [-0.39, 0.29) is 12.1 Å². The van der Waals surface area contributed by atoms with Crippen molar-refractivity contribution in [1.29, 1.82) is 0 Å². The second-order valence-corrected chi connectivity index (χ2v) is 7.25. The highest BCUT2D eigenvalue weighted by molar-refractivity contribution is 7.11. The molecule has 0 spiro atoms. The number of aliphatic hydroxyl groups is 1. The number of hydrogen-bond acceptors (Lipinski definition) is 4. The Morgan fingerprint density at radius 1 is 1.29 bits per heavy atom. The number of aromatic nitrogens is 1. The zero-order valence-electron chi connectivity index (χ0n) is 14.4. The van der Waals surface area contributed by atoms with Crippen LogP contribution in [0.1, 0.15) is 40.6 Å². The molecule has 0 aliphatic carbocycles. The quantitative estimate of drug-likeness (QED) is 0.720. The summed E-state index contributed by atoms with van der Waals surface area (Å²) in [6, 6.07) is 9.13. The number of aliphatic hydroxyl groups excluding tert-OH is 1. The topological polar surface area (TPSA) is 74.2 Å². The Hall–Kier alpha value is -1.92. The molecule has 2 aromatic rings. The monoisotopic (exact) mass is 347 g/mol. The number of aryl methyl sites for hydroxylation is 2. The summed E-state index contributed by atoms with van der Waals surface area (Å²) in [5.41, 5.74) is 1.92.